The summed E-state index contributed by atoms with van der Waals surface area (Å²) in [6, 6.07) is 8.29. The summed E-state index contributed by atoms with van der Waals surface area (Å²) >= 11 is 1.73. The first-order valence-electron chi connectivity index (χ1n) is 5.84. The summed E-state index contributed by atoms with van der Waals surface area (Å²) in [5.41, 5.74) is 9.71. The van der Waals surface area contributed by atoms with Crippen LogP contribution in [0.5, 0.6) is 0 Å². The number of aryl methyl sites for hydroxylation is 2. The summed E-state index contributed by atoms with van der Waals surface area (Å²) in [5.74, 6) is 0.773. The maximum atomic E-state index is 5.70. The molecule has 1 heterocycles. The molecular weight excluding hydrogens is 242 g/mol. The number of benzene rings is 1. The van der Waals surface area contributed by atoms with Crippen molar-refractivity contribution < 1.29 is 0 Å². The Bertz CT molecular complexity index is 526. The van der Waals surface area contributed by atoms with Crippen molar-refractivity contribution in [1.82, 2.24) is 9.97 Å². The van der Waals surface area contributed by atoms with E-state index in [1.54, 1.807) is 11.8 Å². The van der Waals surface area contributed by atoms with Gasteiger partial charge in [0.15, 0.2) is 5.82 Å². The summed E-state index contributed by atoms with van der Waals surface area (Å²) < 4.78 is 0. The fourth-order valence-corrected chi connectivity index (χ4v) is 2.31. The van der Waals surface area contributed by atoms with Crippen LogP contribution in [0.1, 0.15) is 17.0 Å². The number of nitrogens with two attached hydrogens (primary N) is 1. The summed E-state index contributed by atoms with van der Waals surface area (Å²) in [6.45, 7) is 4.45. The number of hydrogen-bond donors (Lipinski definition) is 1. The van der Waals surface area contributed by atoms with E-state index in [4.69, 9.17) is 5.73 Å². The van der Waals surface area contributed by atoms with Gasteiger partial charge >= 0.3 is 0 Å². The Morgan fingerprint density at radius 2 is 1.61 bits per heavy atom. The lowest BCUT2D eigenvalue weighted by molar-refractivity contribution is 0.939. The minimum Gasteiger partial charge on any atom is -0.326 e. The fraction of sp³-hybridized carbons (Fsp3) is 0.286. The molecule has 2 aromatic rings. The quantitative estimate of drug-likeness (QED) is 0.861. The van der Waals surface area contributed by atoms with Gasteiger partial charge in [-0.25, -0.2) is 9.97 Å². The van der Waals surface area contributed by atoms with E-state index in [-0.39, 0.29) is 0 Å². The largest absolute Gasteiger partial charge is 0.326 e. The Morgan fingerprint density at radius 3 is 2.06 bits per heavy atom. The second-order valence-corrected chi connectivity index (χ2v) is 5.01. The molecule has 0 bridgehead atoms. The van der Waals surface area contributed by atoms with Crippen LogP contribution in [0.25, 0.3) is 11.4 Å². The lowest BCUT2D eigenvalue weighted by Gasteiger charge is -2.09. The van der Waals surface area contributed by atoms with Gasteiger partial charge in [0.05, 0.1) is 0 Å². The van der Waals surface area contributed by atoms with E-state index in [1.807, 2.05) is 13.8 Å². The minimum atomic E-state index is 0.489. The van der Waals surface area contributed by atoms with Gasteiger partial charge in [-0.1, -0.05) is 12.1 Å². The van der Waals surface area contributed by atoms with Crippen LogP contribution in [-0.4, -0.2) is 16.2 Å². The van der Waals surface area contributed by atoms with Gasteiger partial charge in [0, 0.05) is 34.0 Å². The topological polar surface area (TPSA) is 51.8 Å². The van der Waals surface area contributed by atoms with Gasteiger partial charge in [-0.3, -0.25) is 0 Å². The van der Waals surface area contributed by atoms with Crippen molar-refractivity contribution in [2.24, 2.45) is 5.73 Å². The molecule has 0 saturated carbocycles. The average molecular weight is 259 g/mol. The van der Waals surface area contributed by atoms with E-state index < -0.39 is 0 Å². The highest BCUT2D eigenvalue weighted by atomic mass is 32.2. The number of nitrogens with zero attached hydrogens (tertiary/aromatic N) is 2. The summed E-state index contributed by atoms with van der Waals surface area (Å²) in [4.78, 5) is 10.3. The zero-order chi connectivity index (χ0) is 13.1. The molecule has 0 aliphatic carbocycles. The maximum absolute atomic E-state index is 5.70. The molecule has 0 aliphatic rings. The van der Waals surface area contributed by atoms with Crippen molar-refractivity contribution in [3.63, 3.8) is 0 Å². The van der Waals surface area contributed by atoms with Gasteiger partial charge in [0.1, 0.15) is 0 Å². The van der Waals surface area contributed by atoms with Crippen molar-refractivity contribution in [3.05, 3.63) is 41.2 Å². The van der Waals surface area contributed by atoms with Crippen LogP contribution in [0.3, 0.4) is 0 Å². The van der Waals surface area contributed by atoms with Crippen LogP contribution in [0.2, 0.25) is 0 Å². The van der Waals surface area contributed by atoms with Crippen LogP contribution >= 0.6 is 11.8 Å². The standard InChI is InChI=1S/C14H17N3S/c1-9-13(8-15)10(2)17-14(16-9)11-4-6-12(18-3)7-5-11/h4-7H,8,15H2,1-3H3. The molecule has 0 fully saturated rings. The molecule has 3 nitrogen and oxygen atoms in total. The summed E-state index contributed by atoms with van der Waals surface area (Å²) in [5, 5.41) is 0. The SMILES string of the molecule is CSc1ccc(-c2nc(C)c(CN)c(C)n2)cc1. The van der Waals surface area contributed by atoms with E-state index in [9.17, 15) is 0 Å². The number of rotatable bonds is 3. The molecule has 0 unspecified atom stereocenters. The van der Waals surface area contributed by atoms with Crippen molar-refractivity contribution in [3.8, 4) is 11.4 Å². The van der Waals surface area contributed by atoms with Crippen LogP contribution in [0, 0.1) is 13.8 Å². The van der Waals surface area contributed by atoms with Gasteiger partial charge in [-0.05, 0) is 32.2 Å². The maximum Gasteiger partial charge on any atom is 0.159 e. The van der Waals surface area contributed by atoms with Crippen LogP contribution in [0.15, 0.2) is 29.2 Å². The number of hydrogen-bond acceptors (Lipinski definition) is 4. The van der Waals surface area contributed by atoms with E-state index in [0.717, 1.165) is 28.3 Å². The van der Waals surface area contributed by atoms with Gasteiger partial charge in [0.25, 0.3) is 0 Å². The predicted octanol–water partition coefficient (Wildman–Crippen LogP) is 2.94. The van der Waals surface area contributed by atoms with E-state index in [2.05, 4.69) is 40.5 Å². The smallest absolute Gasteiger partial charge is 0.159 e. The van der Waals surface area contributed by atoms with Crippen LogP contribution in [0.4, 0.5) is 0 Å². The first-order chi connectivity index (χ1) is 8.65. The van der Waals surface area contributed by atoms with Gasteiger partial charge in [-0.15, -0.1) is 11.8 Å². The molecule has 2 N–H and O–H groups in total. The summed E-state index contributed by atoms with van der Waals surface area (Å²) in [6.07, 6.45) is 2.07. The third-order valence-corrected chi connectivity index (χ3v) is 3.72. The third-order valence-electron chi connectivity index (χ3n) is 2.97. The average Bonchev–Trinajstić information content (AvgIpc) is 2.38. The molecule has 0 saturated heterocycles. The Kier molecular flexibility index (Phi) is 3.99. The highest BCUT2D eigenvalue weighted by Crippen LogP contribution is 2.22. The van der Waals surface area contributed by atoms with E-state index in [1.165, 1.54) is 4.90 Å². The second-order valence-electron chi connectivity index (χ2n) is 4.13. The number of thioether (sulfide) groups is 1. The second kappa shape index (κ2) is 5.50. The lowest BCUT2D eigenvalue weighted by atomic mass is 10.1. The third kappa shape index (κ3) is 2.54. The van der Waals surface area contributed by atoms with Crippen molar-refractivity contribution in [1.29, 1.82) is 0 Å². The minimum absolute atomic E-state index is 0.489. The molecule has 1 aromatic heterocycles. The van der Waals surface area contributed by atoms with E-state index in [0.29, 0.717) is 6.54 Å². The first kappa shape index (κ1) is 13.1. The van der Waals surface area contributed by atoms with Gasteiger partial charge in [0.2, 0.25) is 0 Å². The molecule has 0 atom stereocenters. The van der Waals surface area contributed by atoms with Gasteiger partial charge in [-0.2, -0.15) is 0 Å². The molecule has 18 heavy (non-hydrogen) atoms. The van der Waals surface area contributed by atoms with Crippen molar-refractivity contribution in [2.45, 2.75) is 25.3 Å². The van der Waals surface area contributed by atoms with Gasteiger partial charge < -0.3 is 5.73 Å². The van der Waals surface area contributed by atoms with Crippen molar-refractivity contribution in [2.75, 3.05) is 6.26 Å². The molecule has 0 radical (unpaired) electrons. The zero-order valence-corrected chi connectivity index (χ0v) is 11.7. The van der Waals surface area contributed by atoms with E-state index >= 15 is 0 Å². The molecule has 2 rings (SSSR count). The molecule has 1 aromatic carbocycles. The molecule has 0 spiro atoms. The predicted molar refractivity (Wildman–Crippen MR) is 76.6 cm³/mol. The van der Waals surface area contributed by atoms with Crippen molar-refractivity contribution >= 4 is 11.8 Å². The molecule has 4 heteroatoms. The molecule has 94 valence electrons. The Labute approximate surface area is 112 Å². The Balaban J connectivity index is 2.44. The zero-order valence-electron chi connectivity index (χ0n) is 10.9. The fourth-order valence-electron chi connectivity index (χ4n) is 1.90. The summed E-state index contributed by atoms with van der Waals surface area (Å²) in [7, 11) is 0. The molecule has 0 amide bonds. The molecule has 0 aliphatic heterocycles. The monoisotopic (exact) mass is 259 g/mol. The van der Waals surface area contributed by atoms with Crippen LogP contribution < -0.4 is 5.73 Å². The highest BCUT2D eigenvalue weighted by Gasteiger charge is 2.08. The normalized spacial score (nSPS) is 10.7. The molecular formula is C14H17N3S. The Morgan fingerprint density at radius 1 is 1.06 bits per heavy atom. The Hall–Kier alpha value is -1.39. The number of aromatic nitrogens is 2. The highest BCUT2D eigenvalue weighted by molar-refractivity contribution is 7.98. The van der Waals surface area contributed by atoms with Crippen LogP contribution in [-0.2, 0) is 6.54 Å². The lowest BCUT2D eigenvalue weighted by Crippen LogP contribution is -2.07. The first-order valence-corrected chi connectivity index (χ1v) is 7.06.